The maximum absolute atomic E-state index is 11.9. The zero-order chi connectivity index (χ0) is 13.5. The van der Waals surface area contributed by atoms with E-state index in [2.05, 4.69) is 21.2 Å². The van der Waals surface area contributed by atoms with Crippen molar-refractivity contribution in [1.29, 1.82) is 0 Å². The summed E-state index contributed by atoms with van der Waals surface area (Å²) in [5.41, 5.74) is 0. The molecule has 1 aliphatic carbocycles. The van der Waals surface area contributed by atoms with Crippen LogP contribution in [0.5, 0.6) is 5.75 Å². The lowest BCUT2D eigenvalue weighted by atomic mass is 10.1. The van der Waals surface area contributed by atoms with Gasteiger partial charge in [-0.25, -0.2) is 0 Å². The molecule has 1 aromatic rings. The Morgan fingerprint density at radius 3 is 2.58 bits per heavy atom. The SMILES string of the molecule is O=C(COc1ccccc1Br)NC1CCCCCC1. The molecule has 104 valence electrons. The summed E-state index contributed by atoms with van der Waals surface area (Å²) in [5.74, 6) is 0.682. The van der Waals surface area contributed by atoms with Gasteiger partial charge in [-0.3, -0.25) is 4.79 Å². The lowest BCUT2D eigenvalue weighted by Gasteiger charge is -2.16. The number of ether oxygens (including phenoxy) is 1. The molecule has 0 bridgehead atoms. The molecule has 0 saturated heterocycles. The van der Waals surface area contributed by atoms with Crippen LogP contribution in [0.15, 0.2) is 28.7 Å². The number of nitrogens with one attached hydrogen (secondary N) is 1. The van der Waals surface area contributed by atoms with E-state index in [4.69, 9.17) is 4.74 Å². The second-order valence-electron chi connectivity index (χ2n) is 4.98. The first kappa shape index (κ1) is 14.4. The molecule has 1 saturated carbocycles. The van der Waals surface area contributed by atoms with Gasteiger partial charge in [-0.2, -0.15) is 0 Å². The van der Waals surface area contributed by atoms with Crippen LogP contribution in [0.1, 0.15) is 38.5 Å². The van der Waals surface area contributed by atoms with Crippen LogP contribution < -0.4 is 10.1 Å². The summed E-state index contributed by atoms with van der Waals surface area (Å²) < 4.78 is 6.38. The zero-order valence-corrected chi connectivity index (χ0v) is 12.6. The van der Waals surface area contributed by atoms with Crippen LogP contribution in [0.4, 0.5) is 0 Å². The van der Waals surface area contributed by atoms with Gasteiger partial charge in [0.25, 0.3) is 5.91 Å². The molecule has 1 fully saturated rings. The van der Waals surface area contributed by atoms with Gasteiger partial charge in [0.15, 0.2) is 6.61 Å². The number of para-hydroxylation sites is 1. The fourth-order valence-corrected chi connectivity index (χ4v) is 2.80. The normalized spacial score (nSPS) is 16.7. The molecule has 1 aliphatic rings. The van der Waals surface area contributed by atoms with E-state index >= 15 is 0 Å². The first-order valence-electron chi connectivity index (χ1n) is 6.92. The molecule has 0 aliphatic heterocycles. The minimum Gasteiger partial charge on any atom is -0.483 e. The van der Waals surface area contributed by atoms with Crippen LogP contribution in [-0.4, -0.2) is 18.6 Å². The Morgan fingerprint density at radius 1 is 1.21 bits per heavy atom. The third-order valence-corrected chi connectivity index (χ3v) is 4.07. The molecule has 0 heterocycles. The molecular formula is C15H20BrNO2. The number of benzene rings is 1. The van der Waals surface area contributed by atoms with E-state index in [1.54, 1.807) is 0 Å². The van der Waals surface area contributed by atoms with Crippen LogP contribution >= 0.6 is 15.9 Å². The Bertz CT molecular complexity index is 414. The van der Waals surface area contributed by atoms with Gasteiger partial charge in [0, 0.05) is 6.04 Å². The number of hydrogen-bond acceptors (Lipinski definition) is 2. The van der Waals surface area contributed by atoms with Gasteiger partial charge in [-0.05, 0) is 40.9 Å². The van der Waals surface area contributed by atoms with Crippen LogP contribution in [0.25, 0.3) is 0 Å². The van der Waals surface area contributed by atoms with Crippen molar-refractivity contribution in [1.82, 2.24) is 5.32 Å². The third kappa shape index (κ3) is 4.86. The molecule has 0 unspecified atom stereocenters. The summed E-state index contributed by atoms with van der Waals surface area (Å²) in [5, 5.41) is 3.07. The number of carbonyl (C=O) groups excluding carboxylic acids is 1. The van der Waals surface area contributed by atoms with Crippen molar-refractivity contribution in [2.45, 2.75) is 44.6 Å². The summed E-state index contributed by atoms with van der Waals surface area (Å²) in [6.45, 7) is 0.0825. The van der Waals surface area contributed by atoms with Gasteiger partial charge < -0.3 is 10.1 Å². The van der Waals surface area contributed by atoms with Crippen LogP contribution in [0, 0.1) is 0 Å². The van der Waals surface area contributed by atoms with Crippen molar-refractivity contribution in [3.05, 3.63) is 28.7 Å². The monoisotopic (exact) mass is 325 g/mol. The van der Waals surface area contributed by atoms with Gasteiger partial charge in [-0.1, -0.05) is 37.8 Å². The molecule has 2 rings (SSSR count). The minimum atomic E-state index is -0.0253. The second-order valence-corrected chi connectivity index (χ2v) is 5.83. The topological polar surface area (TPSA) is 38.3 Å². The Balaban J connectivity index is 1.76. The number of amides is 1. The molecule has 0 atom stereocenters. The molecule has 0 radical (unpaired) electrons. The number of hydrogen-bond donors (Lipinski definition) is 1. The summed E-state index contributed by atoms with van der Waals surface area (Å²) in [6, 6.07) is 7.89. The maximum Gasteiger partial charge on any atom is 0.258 e. The van der Waals surface area contributed by atoms with Crippen molar-refractivity contribution in [2.75, 3.05) is 6.61 Å². The standard InChI is InChI=1S/C15H20BrNO2/c16-13-9-5-6-10-14(13)19-11-15(18)17-12-7-3-1-2-4-8-12/h5-6,9-10,12H,1-4,7-8,11H2,(H,17,18). The van der Waals surface area contributed by atoms with Gasteiger partial charge >= 0.3 is 0 Å². The molecule has 0 spiro atoms. The molecule has 1 N–H and O–H groups in total. The van der Waals surface area contributed by atoms with Crippen molar-refractivity contribution >= 4 is 21.8 Å². The number of rotatable bonds is 4. The Morgan fingerprint density at radius 2 is 1.89 bits per heavy atom. The Kier molecular flexibility index (Phi) is 5.70. The molecule has 4 heteroatoms. The van der Waals surface area contributed by atoms with Crippen LogP contribution in [0.2, 0.25) is 0 Å². The molecular weight excluding hydrogens is 306 g/mol. The molecule has 0 aromatic heterocycles. The van der Waals surface area contributed by atoms with Crippen molar-refractivity contribution < 1.29 is 9.53 Å². The first-order valence-corrected chi connectivity index (χ1v) is 7.71. The highest BCUT2D eigenvalue weighted by Crippen LogP contribution is 2.23. The van der Waals surface area contributed by atoms with Crippen molar-refractivity contribution in [2.24, 2.45) is 0 Å². The van der Waals surface area contributed by atoms with E-state index in [1.165, 1.54) is 25.7 Å². The highest BCUT2D eigenvalue weighted by molar-refractivity contribution is 9.10. The molecule has 3 nitrogen and oxygen atoms in total. The van der Waals surface area contributed by atoms with Crippen molar-refractivity contribution in [3.8, 4) is 5.75 Å². The molecule has 1 aromatic carbocycles. The predicted octanol–water partition coefficient (Wildman–Crippen LogP) is 3.67. The number of halogens is 1. The smallest absolute Gasteiger partial charge is 0.258 e. The van der Waals surface area contributed by atoms with Crippen LogP contribution in [0.3, 0.4) is 0 Å². The van der Waals surface area contributed by atoms with E-state index in [9.17, 15) is 4.79 Å². The summed E-state index contributed by atoms with van der Waals surface area (Å²) >= 11 is 3.40. The van der Waals surface area contributed by atoms with Gasteiger partial charge in [-0.15, -0.1) is 0 Å². The lowest BCUT2D eigenvalue weighted by Crippen LogP contribution is -2.37. The fourth-order valence-electron chi connectivity index (χ4n) is 2.40. The first-order chi connectivity index (χ1) is 9.25. The average Bonchev–Trinajstić information content (AvgIpc) is 2.66. The quantitative estimate of drug-likeness (QED) is 0.858. The van der Waals surface area contributed by atoms with Gasteiger partial charge in [0.05, 0.1) is 4.47 Å². The van der Waals surface area contributed by atoms with E-state index < -0.39 is 0 Å². The maximum atomic E-state index is 11.9. The van der Waals surface area contributed by atoms with E-state index in [-0.39, 0.29) is 12.5 Å². The summed E-state index contributed by atoms with van der Waals surface area (Å²) in [4.78, 5) is 11.9. The third-order valence-electron chi connectivity index (χ3n) is 3.42. The number of carbonyl (C=O) groups is 1. The van der Waals surface area contributed by atoms with Gasteiger partial charge in [0.2, 0.25) is 0 Å². The predicted molar refractivity (Wildman–Crippen MR) is 79.3 cm³/mol. The summed E-state index contributed by atoms with van der Waals surface area (Å²) in [6.07, 6.45) is 7.22. The molecule has 1 amide bonds. The summed E-state index contributed by atoms with van der Waals surface area (Å²) in [7, 11) is 0. The molecule has 19 heavy (non-hydrogen) atoms. The average molecular weight is 326 g/mol. The van der Waals surface area contributed by atoms with Gasteiger partial charge in [0.1, 0.15) is 5.75 Å². The Labute approximate surface area is 122 Å². The largest absolute Gasteiger partial charge is 0.483 e. The van der Waals surface area contributed by atoms with E-state index in [0.29, 0.717) is 11.8 Å². The second kappa shape index (κ2) is 7.53. The minimum absolute atomic E-state index is 0.0253. The Hall–Kier alpha value is -1.03. The fraction of sp³-hybridized carbons (Fsp3) is 0.533. The lowest BCUT2D eigenvalue weighted by molar-refractivity contribution is -0.123. The highest BCUT2D eigenvalue weighted by atomic mass is 79.9. The van der Waals surface area contributed by atoms with Crippen molar-refractivity contribution in [3.63, 3.8) is 0 Å². The van der Waals surface area contributed by atoms with Crippen LogP contribution in [-0.2, 0) is 4.79 Å². The highest BCUT2D eigenvalue weighted by Gasteiger charge is 2.15. The van der Waals surface area contributed by atoms with E-state index in [0.717, 1.165) is 17.3 Å². The zero-order valence-electron chi connectivity index (χ0n) is 11.0. The van der Waals surface area contributed by atoms with E-state index in [1.807, 2.05) is 24.3 Å².